The number of ether oxygens (including phenoxy) is 2. The van der Waals surface area contributed by atoms with E-state index in [1.165, 1.54) is 13.2 Å². The Morgan fingerprint density at radius 2 is 1.78 bits per heavy atom. The summed E-state index contributed by atoms with van der Waals surface area (Å²) in [7, 11) is 1.25. The van der Waals surface area contributed by atoms with Gasteiger partial charge in [-0.25, -0.2) is 4.79 Å². The van der Waals surface area contributed by atoms with E-state index < -0.39 is 5.97 Å². The first kappa shape index (κ1) is 22.9. The van der Waals surface area contributed by atoms with E-state index in [9.17, 15) is 14.7 Å². The molecule has 0 aromatic heterocycles. The number of carbonyl (C=O) groups is 2. The standard InChI is InChI=1S/C25H28N2O5/c1-31-25(30)24-21(28)9-6-10-22(24)32-16-5-4-15-27-23(29)14-12-17-11-13-20(26)19-8-3-2-7-18(17)19/h2-3,6-11,13,28H,4-5,12,14-16,26H2,1H3,(H,27,29). The summed E-state index contributed by atoms with van der Waals surface area (Å²) in [6.45, 7) is 0.884. The molecule has 3 aromatic carbocycles. The number of benzene rings is 3. The van der Waals surface area contributed by atoms with Crippen LogP contribution in [0.5, 0.6) is 11.5 Å². The number of methoxy groups -OCH3 is 1. The van der Waals surface area contributed by atoms with Gasteiger partial charge >= 0.3 is 5.97 Å². The van der Waals surface area contributed by atoms with Gasteiger partial charge in [-0.05, 0) is 48.4 Å². The van der Waals surface area contributed by atoms with Crippen molar-refractivity contribution in [1.29, 1.82) is 0 Å². The van der Waals surface area contributed by atoms with E-state index in [1.54, 1.807) is 12.1 Å². The number of aryl methyl sites for hydroxylation is 1. The largest absolute Gasteiger partial charge is 0.507 e. The number of hydrogen-bond donors (Lipinski definition) is 3. The number of nitrogens with two attached hydrogens (primary N) is 1. The highest BCUT2D eigenvalue weighted by molar-refractivity contribution is 5.96. The molecule has 0 spiro atoms. The number of nitrogens with one attached hydrogen (secondary N) is 1. The van der Waals surface area contributed by atoms with E-state index in [-0.39, 0.29) is 23.0 Å². The van der Waals surface area contributed by atoms with Crippen molar-refractivity contribution in [3.63, 3.8) is 0 Å². The van der Waals surface area contributed by atoms with Crippen molar-refractivity contribution in [3.05, 3.63) is 65.7 Å². The lowest BCUT2D eigenvalue weighted by Gasteiger charge is -2.12. The van der Waals surface area contributed by atoms with Crippen LogP contribution in [0.15, 0.2) is 54.6 Å². The van der Waals surface area contributed by atoms with Crippen molar-refractivity contribution >= 4 is 28.3 Å². The van der Waals surface area contributed by atoms with Crippen LogP contribution in [0.2, 0.25) is 0 Å². The minimum Gasteiger partial charge on any atom is -0.507 e. The summed E-state index contributed by atoms with van der Waals surface area (Å²) in [6, 6.07) is 16.4. The topological polar surface area (TPSA) is 111 Å². The van der Waals surface area contributed by atoms with E-state index in [2.05, 4.69) is 10.1 Å². The number of hydrogen-bond acceptors (Lipinski definition) is 6. The molecule has 0 bridgehead atoms. The van der Waals surface area contributed by atoms with Gasteiger partial charge in [0.2, 0.25) is 5.91 Å². The van der Waals surface area contributed by atoms with Gasteiger partial charge < -0.3 is 25.6 Å². The Morgan fingerprint density at radius 1 is 1.00 bits per heavy atom. The first-order chi connectivity index (χ1) is 15.5. The van der Waals surface area contributed by atoms with Gasteiger partial charge in [0, 0.05) is 24.0 Å². The van der Waals surface area contributed by atoms with Crippen LogP contribution < -0.4 is 15.8 Å². The number of aromatic hydroxyl groups is 1. The maximum Gasteiger partial charge on any atom is 0.345 e. The molecule has 0 saturated heterocycles. The van der Waals surface area contributed by atoms with Gasteiger partial charge in [0.1, 0.15) is 17.1 Å². The highest BCUT2D eigenvalue weighted by Gasteiger charge is 2.17. The molecule has 7 nitrogen and oxygen atoms in total. The number of unbranched alkanes of at least 4 members (excludes halogenated alkanes) is 1. The maximum absolute atomic E-state index is 12.2. The van der Waals surface area contributed by atoms with Crippen molar-refractivity contribution in [1.82, 2.24) is 5.32 Å². The monoisotopic (exact) mass is 436 g/mol. The van der Waals surface area contributed by atoms with E-state index in [1.807, 2.05) is 36.4 Å². The molecule has 0 aliphatic heterocycles. The van der Waals surface area contributed by atoms with Crippen LogP contribution in [-0.2, 0) is 16.0 Å². The third-order valence-corrected chi connectivity index (χ3v) is 5.21. The number of fused-ring (bicyclic) bond motifs is 1. The number of carbonyl (C=O) groups excluding carboxylic acids is 2. The molecule has 0 radical (unpaired) electrons. The third-order valence-electron chi connectivity index (χ3n) is 5.21. The summed E-state index contributed by atoms with van der Waals surface area (Å²) < 4.78 is 10.3. The molecule has 0 aliphatic rings. The Balaban J connectivity index is 1.39. The minimum absolute atomic E-state index is 0.00668. The van der Waals surface area contributed by atoms with Crippen molar-refractivity contribution in [3.8, 4) is 11.5 Å². The molecule has 1 amide bonds. The second-order valence-electron chi connectivity index (χ2n) is 7.41. The van der Waals surface area contributed by atoms with Crippen LogP contribution in [0.1, 0.15) is 35.2 Å². The van der Waals surface area contributed by atoms with E-state index in [0.717, 1.165) is 28.4 Å². The number of anilines is 1. The molecule has 0 saturated carbocycles. The number of amides is 1. The summed E-state index contributed by atoms with van der Waals surface area (Å²) in [6.07, 6.45) is 2.45. The molecule has 0 unspecified atom stereocenters. The zero-order valence-electron chi connectivity index (χ0n) is 18.1. The Hall–Kier alpha value is -3.74. The summed E-state index contributed by atoms with van der Waals surface area (Å²) in [5.41, 5.74) is 7.89. The Bertz CT molecular complexity index is 1100. The second kappa shape index (κ2) is 11.0. The molecule has 0 fully saturated rings. The zero-order chi connectivity index (χ0) is 22.9. The van der Waals surface area contributed by atoms with E-state index in [4.69, 9.17) is 10.5 Å². The highest BCUT2D eigenvalue weighted by Crippen LogP contribution is 2.28. The average molecular weight is 437 g/mol. The van der Waals surface area contributed by atoms with Gasteiger partial charge in [-0.3, -0.25) is 4.79 Å². The molecule has 0 aliphatic carbocycles. The molecule has 32 heavy (non-hydrogen) atoms. The smallest absolute Gasteiger partial charge is 0.345 e. The van der Waals surface area contributed by atoms with E-state index >= 15 is 0 Å². The predicted octanol–water partition coefficient (Wildman–Crippen LogP) is 3.82. The molecule has 0 atom stereocenters. The van der Waals surface area contributed by atoms with Crippen LogP contribution in [0, 0.1) is 0 Å². The van der Waals surface area contributed by atoms with Gasteiger partial charge in [-0.1, -0.05) is 36.4 Å². The second-order valence-corrected chi connectivity index (χ2v) is 7.41. The van der Waals surface area contributed by atoms with Crippen LogP contribution in [0.25, 0.3) is 10.8 Å². The summed E-state index contributed by atoms with van der Waals surface area (Å²) in [5.74, 6) is -0.570. The summed E-state index contributed by atoms with van der Waals surface area (Å²) in [4.78, 5) is 24.0. The molecule has 7 heteroatoms. The summed E-state index contributed by atoms with van der Waals surface area (Å²) in [5, 5.41) is 14.9. The van der Waals surface area contributed by atoms with Crippen molar-refractivity contribution in [2.45, 2.75) is 25.7 Å². The Morgan fingerprint density at radius 3 is 2.56 bits per heavy atom. The number of esters is 1. The fourth-order valence-corrected chi connectivity index (χ4v) is 3.52. The van der Waals surface area contributed by atoms with Gasteiger partial charge in [0.25, 0.3) is 0 Å². The van der Waals surface area contributed by atoms with Crippen LogP contribution in [-0.4, -0.2) is 37.2 Å². The lowest BCUT2D eigenvalue weighted by atomic mass is 9.99. The average Bonchev–Trinajstić information content (AvgIpc) is 2.80. The first-order valence-electron chi connectivity index (χ1n) is 10.6. The quantitative estimate of drug-likeness (QED) is 0.253. The van der Waals surface area contributed by atoms with Crippen molar-refractivity contribution in [2.75, 3.05) is 26.0 Å². The predicted molar refractivity (Wildman–Crippen MR) is 124 cm³/mol. The molecular formula is C25H28N2O5. The highest BCUT2D eigenvalue weighted by atomic mass is 16.5. The first-order valence-corrected chi connectivity index (χ1v) is 10.6. The van der Waals surface area contributed by atoms with Gasteiger partial charge in [0.05, 0.1) is 13.7 Å². The fraction of sp³-hybridized carbons (Fsp3) is 0.280. The molecule has 3 aromatic rings. The Kier molecular flexibility index (Phi) is 7.91. The van der Waals surface area contributed by atoms with Crippen LogP contribution >= 0.6 is 0 Å². The van der Waals surface area contributed by atoms with Gasteiger partial charge in [0.15, 0.2) is 0 Å². The lowest BCUT2D eigenvalue weighted by molar-refractivity contribution is -0.121. The van der Waals surface area contributed by atoms with Crippen molar-refractivity contribution < 1.29 is 24.2 Å². The van der Waals surface area contributed by atoms with Crippen LogP contribution in [0.4, 0.5) is 5.69 Å². The zero-order valence-corrected chi connectivity index (χ0v) is 18.1. The number of phenols is 1. The van der Waals surface area contributed by atoms with E-state index in [0.29, 0.717) is 32.4 Å². The normalized spacial score (nSPS) is 10.7. The number of rotatable bonds is 10. The lowest BCUT2D eigenvalue weighted by Crippen LogP contribution is -2.25. The van der Waals surface area contributed by atoms with Crippen LogP contribution in [0.3, 0.4) is 0 Å². The molecular weight excluding hydrogens is 408 g/mol. The molecule has 0 heterocycles. The number of phenolic OH excluding ortho intramolecular Hbond substituents is 1. The molecule has 168 valence electrons. The molecule has 4 N–H and O–H groups in total. The SMILES string of the molecule is COC(=O)c1c(O)cccc1OCCCCNC(=O)CCc1ccc(N)c2ccccc12. The van der Waals surface area contributed by atoms with Crippen molar-refractivity contribution in [2.24, 2.45) is 0 Å². The van der Waals surface area contributed by atoms with Gasteiger partial charge in [-0.15, -0.1) is 0 Å². The maximum atomic E-state index is 12.2. The Labute approximate surface area is 187 Å². The molecule has 3 rings (SSSR count). The third kappa shape index (κ3) is 5.69. The number of nitrogen functional groups attached to an aromatic ring is 1. The fourth-order valence-electron chi connectivity index (χ4n) is 3.52. The summed E-state index contributed by atoms with van der Waals surface area (Å²) >= 11 is 0. The minimum atomic E-state index is -0.653. The van der Waals surface area contributed by atoms with Gasteiger partial charge in [-0.2, -0.15) is 0 Å².